The normalized spacial score (nSPS) is 44.1. The second-order valence-electron chi connectivity index (χ2n) is 10.4. The van der Waals surface area contributed by atoms with Gasteiger partial charge in [0.15, 0.2) is 5.78 Å². The molecule has 2 fully saturated rings. The van der Waals surface area contributed by atoms with Gasteiger partial charge in [-0.05, 0) is 74.2 Å². The number of ketones is 1. The predicted octanol–water partition coefficient (Wildman–Crippen LogP) is 5.13. The number of allylic oxidation sites excluding steroid dienone is 1. The van der Waals surface area contributed by atoms with Gasteiger partial charge in [0.2, 0.25) is 0 Å². The van der Waals surface area contributed by atoms with Crippen LogP contribution in [0.5, 0.6) is 0 Å². The summed E-state index contributed by atoms with van der Waals surface area (Å²) in [7, 11) is 0. The van der Waals surface area contributed by atoms with E-state index in [1.807, 2.05) is 0 Å². The van der Waals surface area contributed by atoms with E-state index in [0.29, 0.717) is 11.5 Å². The molecule has 29 heavy (non-hydrogen) atoms. The van der Waals surface area contributed by atoms with E-state index in [1.54, 1.807) is 17.2 Å². The van der Waals surface area contributed by atoms with E-state index in [1.165, 1.54) is 56.9 Å². The average Bonchev–Trinajstić information content (AvgIpc) is 3.44. The Labute approximate surface area is 172 Å². The third kappa shape index (κ3) is 2.00. The van der Waals surface area contributed by atoms with Crippen molar-refractivity contribution in [2.45, 2.75) is 95.0 Å². The van der Waals surface area contributed by atoms with Gasteiger partial charge in [-0.15, -0.1) is 0 Å². The molecule has 4 bridgehead atoms. The van der Waals surface area contributed by atoms with Gasteiger partial charge < -0.3 is 9.47 Å². The van der Waals surface area contributed by atoms with Crippen molar-refractivity contribution < 1.29 is 14.3 Å². The van der Waals surface area contributed by atoms with Crippen molar-refractivity contribution in [1.29, 1.82) is 0 Å². The summed E-state index contributed by atoms with van der Waals surface area (Å²) in [6.07, 6.45) is 22.2. The van der Waals surface area contributed by atoms with Crippen LogP contribution in [0.2, 0.25) is 0 Å². The van der Waals surface area contributed by atoms with Crippen molar-refractivity contribution >= 4 is 5.78 Å². The second kappa shape index (κ2) is 5.82. The largest absolute Gasteiger partial charge is 0.369 e. The van der Waals surface area contributed by atoms with Crippen LogP contribution in [0.25, 0.3) is 0 Å². The van der Waals surface area contributed by atoms with Crippen molar-refractivity contribution in [3.63, 3.8) is 0 Å². The Kier molecular flexibility index (Phi) is 3.47. The van der Waals surface area contributed by atoms with Gasteiger partial charge >= 0.3 is 0 Å². The Morgan fingerprint density at radius 1 is 0.931 bits per heavy atom. The highest BCUT2D eigenvalue weighted by molar-refractivity contribution is 5.98. The van der Waals surface area contributed by atoms with E-state index in [0.717, 1.165) is 24.8 Å². The van der Waals surface area contributed by atoms with E-state index in [4.69, 9.17) is 9.47 Å². The lowest BCUT2D eigenvalue weighted by Gasteiger charge is -2.61. The van der Waals surface area contributed by atoms with Crippen LogP contribution in [0.3, 0.4) is 0 Å². The number of carbonyl (C=O) groups excluding carboxylic acids is 1. The van der Waals surface area contributed by atoms with Crippen molar-refractivity contribution in [2.24, 2.45) is 10.8 Å². The summed E-state index contributed by atoms with van der Waals surface area (Å²) in [4.78, 5) is 12.5. The minimum absolute atomic E-state index is 0.0236. The Balaban J connectivity index is 1.41. The molecular formula is C26H30O3. The van der Waals surface area contributed by atoms with Crippen LogP contribution < -0.4 is 0 Å². The fourth-order valence-corrected chi connectivity index (χ4v) is 8.33. The monoisotopic (exact) mass is 390 g/mol. The molecule has 2 spiro atoms. The van der Waals surface area contributed by atoms with Crippen LogP contribution in [0, 0.1) is 10.8 Å². The minimum Gasteiger partial charge on any atom is -0.369 e. The first-order chi connectivity index (χ1) is 14.2. The zero-order chi connectivity index (χ0) is 19.2. The molecule has 3 aliphatic carbocycles. The average molecular weight is 391 g/mol. The quantitative estimate of drug-likeness (QED) is 0.538. The summed E-state index contributed by atoms with van der Waals surface area (Å²) in [5.74, 6) is 0.107. The molecule has 0 N–H and O–H groups in total. The van der Waals surface area contributed by atoms with Crippen molar-refractivity contribution in [1.82, 2.24) is 0 Å². The maximum atomic E-state index is 12.5. The molecule has 0 radical (unpaired) electrons. The Bertz CT molecular complexity index is 912. The number of hydrogen-bond acceptors (Lipinski definition) is 3. The fraction of sp³-hybridized carbons (Fsp3) is 0.654. The van der Waals surface area contributed by atoms with Crippen LogP contribution >= 0.6 is 0 Å². The van der Waals surface area contributed by atoms with Crippen LogP contribution in [-0.4, -0.2) is 30.2 Å². The molecule has 1 saturated heterocycles. The lowest BCUT2D eigenvalue weighted by molar-refractivity contribution is -0.197. The third-order valence-electron chi connectivity index (χ3n) is 9.42. The van der Waals surface area contributed by atoms with Crippen molar-refractivity contribution in [3.05, 3.63) is 46.6 Å². The van der Waals surface area contributed by atoms with E-state index in [2.05, 4.69) is 18.2 Å². The van der Waals surface area contributed by atoms with Gasteiger partial charge in [-0.2, -0.15) is 0 Å². The summed E-state index contributed by atoms with van der Waals surface area (Å²) < 4.78 is 13.6. The maximum Gasteiger partial charge on any atom is 0.188 e. The lowest BCUT2D eigenvalue weighted by atomic mass is 9.53. The summed E-state index contributed by atoms with van der Waals surface area (Å²) in [6, 6.07) is 0. The summed E-state index contributed by atoms with van der Waals surface area (Å²) in [5, 5.41) is 0. The molecule has 0 aromatic heterocycles. The van der Waals surface area contributed by atoms with Crippen molar-refractivity contribution in [2.75, 3.05) is 0 Å². The van der Waals surface area contributed by atoms with Gasteiger partial charge in [-0.25, -0.2) is 0 Å². The Hall–Kier alpha value is -1.45. The highest BCUT2D eigenvalue weighted by Crippen LogP contribution is 2.65. The van der Waals surface area contributed by atoms with E-state index < -0.39 is 0 Å². The Morgan fingerprint density at radius 2 is 1.83 bits per heavy atom. The molecule has 3 heteroatoms. The molecule has 3 nitrogen and oxygen atoms in total. The second-order valence-corrected chi connectivity index (χ2v) is 10.4. The van der Waals surface area contributed by atoms with Gasteiger partial charge in [0.05, 0.1) is 23.7 Å². The van der Waals surface area contributed by atoms with Gasteiger partial charge in [-0.3, -0.25) is 4.79 Å². The first kappa shape index (κ1) is 17.3. The third-order valence-corrected chi connectivity index (χ3v) is 9.42. The number of rotatable bonds is 0. The number of carbonyl (C=O) groups is 1. The molecule has 4 aliphatic heterocycles. The topological polar surface area (TPSA) is 35.5 Å². The molecule has 7 rings (SSSR count). The smallest absolute Gasteiger partial charge is 0.188 e. The van der Waals surface area contributed by atoms with Crippen LogP contribution in [0.4, 0.5) is 0 Å². The highest BCUT2D eigenvalue weighted by atomic mass is 16.5. The molecule has 5 atom stereocenters. The van der Waals surface area contributed by atoms with Crippen molar-refractivity contribution in [3.8, 4) is 0 Å². The minimum atomic E-state index is -0.382. The van der Waals surface area contributed by atoms with E-state index in [-0.39, 0.29) is 29.5 Å². The summed E-state index contributed by atoms with van der Waals surface area (Å²) in [6.45, 7) is 0. The molecule has 0 aromatic rings. The molecule has 1 saturated carbocycles. The molecule has 0 unspecified atom stereocenters. The maximum absolute atomic E-state index is 12.5. The molecule has 0 amide bonds. The standard InChI is InChI=1S/C26H30O3/c27-20-10-11-22-26(19-9-4-6-16(19)23(20)28-22)15-12-21-25(13-2-1-3-14-25)18-8-5-7-17(18)24(26)29-21/h4,6,10-11,21-24H,1-3,5,7-9,12-15H2/t21-,22-,23-,24-,26+/m1/s1. The van der Waals surface area contributed by atoms with Gasteiger partial charge in [0, 0.05) is 5.41 Å². The first-order valence-electron chi connectivity index (χ1n) is 11.9. The molecular weight excluding hydrogens is 360 g/mol. The van der Waals surface area contributed by atoms with Crippen LogP contribution in [0.15, 0.2) is 46.6 Å². The number of hydrogen-bond donors (Lipinski definition) is 0. The molecule has 0 aromatic carbocycles. The predicted molar refractivity (Wildman–Crippen MR) is 110 cm³/mol. The van der Waals surface area contributed by atoms with E-state index in [9.17, 15) is 4.79 Å². The van der Waals surface area contributed by atoms with Gasteiger partial charge in [0.25, 0.3) is 0 Å². The van der Waals surface area contributed by atoms with Crippen LogP contribution in [0.1, 0.15) is 70.6 Å². The number of ether oxygens (including phenoxy) is 2. The fourth-order valence-electron chi connectivity index (χ4n) is 8.33. The molecule has 152 valence electrons. The first-order valence-corrected chi connectivity index (χ1v) is 11.9. The number of fused-ring (bicyclic) bond motifs is 11. The zero-order valence-electron chi connectivity index (χ0n) is 17.1. The highest BCUT2D eigenvalue weighted by Gasteiger charge is 2.64. The lowest BCUT2D eigenvalue weighted by Crippen LogP contribution is -2.62. The van der Waals surface area contributed by atoms with Gasteiger partial charge in [0.1, 0.15) is 6.10 Å². The summed E-state index contributed by atoms with van der Waals surface area (Å²) >= 11 is 0. The molecule has 7 aliphatic rings. The zero-order valence-corrected chi connectivity index (χ0v) is 17.1. The van der Waals surface area contributed by atoms with Crippen LogP contribution in [-0.2, 0) is 14.3 Å². The SMILES string of the molecule is O=C1C=C[C@H]2O[C@@H]1C1=C(CC=C1)[C@@]21CC[C@H]2O[C@@H]1C1=C(CCC1)C21CCCCC1. The molecule has 4 heterocycles. The van der Waals surface area contributed by atoms with Gasteiger partial charge in [-0.1, -0.05) is 43.1 Å². The summed E-state index contributed by atoms with van der Waals surface area (Å²) in [5.41, 5.74) is 6.26. The Morgan fingerprint density at radius 3 is 2.72 bits per heavy atom. The van der Waals surface area contributed by atoms with E-state index >= 15 is 0 Å².